The first-order valence-electron chi connectivity index (χ1n) is 10.9. The van der Waals surface area contributed by atoms with E-state index in [0.717, 1.165) is 57.3 Å². The van der Waals surface area contributed by atoms with Crippen molar-refractivity contribution in [3.63, 3.8) is 0 Å². The molecule has 0 fully saturated rings. The van der Waals surface area contributed by atoms with E-state index in [4.69, 9.17) is 0 Å². The quantitative estimate of drug-likeness (QED) is 0.563. The third kappa shape index (κ3) is 4.35. The Hall–Kier alpha value is -2.73. The van der Waals surface area contributed by atoms with Gasteiger partial charge in [-0.15, -0.1) is 11.3 Å². The standard InChI is InChI=1S/C25H29N3O2S/c1-15(2)22-12-11-18(13-26-22)28(14-24-16(3)27-17(4)31-24)25(30)21-9-5-8-20-19(21)7-6-10-23(20)29/h6-7,10-13,15,21,29H,5,8-9,14H2,1-4H3. The van der Waals surface area contributed by atoms with E-state index >= 15 is 0 Å². The molecule has 0 aliphatic heterocycles. The van der Waals surface area contributed by atoms with Crippen LogP contribution in [0.4, 0.5) is 5.69 Å². The number of nitrogens with zero attached hydrogens (tertiary/aromatic N) is 3. The summed E-state index contributed by atoms with van der Waals surface area (Å²) < 4.78 is 0. The molecule has 2 heterocycles. The molecule has 5 nitrogen and oxygen atoms in total. The van der Waals surface area contributed by atoms with Crippen LogP contribution in [0.15, 0.2) is 36.5 Å². The topological polar surface area (TPSA) is 66.3 Å². The molecule has 6 heteroatoms. The predicted molar refractivity (Wildman–Crippen MR) is 125 cm³/mol. The van der Waals surface area contributed by atoms with E-state index < -0.39 is 0 Å². The van der Waals surface area contributed by atoms with Gasteiger partial charge >= 0.3 is 0 Å². The van der Waals surface area contributed by atoms with Crippen LogP contribution in [0.2, 0.25) is 0 Å². The highest BCUT2D eigenvalue weighted by molar-refractivity contribution is 7.11. The first-order valence-corrected chi connectivity index (χ1v) is 11.7. The molecule has 0 saturated carbocycles. The minimum absolute atomic E-state index is 0.0519. The molecule has 4 rings (SSSR count). The second-order valence-corrected chi connectivity index (χ2v) is 9.84. The van der Waals surface area contributed by atoms with Gasteiger partial charge in [0.1, 0.15) is 5.75 Å². The zero-order chi connectivity index (χ0) is 22.1. The van der Waals surface area contributed by atoms with Crippen LogP contribution >= 0.6 is 11.3 Å². The maximum Gasteiger partial charge on any atom is 0.234 e. The lowest BCUT2D eigenvalue weighted by molar-refractivity contribution is -0.120. The molecule has 0 saturated heterocycles. The highest BCUT2D eigenvalue weighted by Gasteiger charge is 2.32. The molecule has 1 atom stereocenters. The van der Waals surface area contributed by atoms with E-state index in [0.29, 0.717) is 18.2 Å². The third-order valence-corrected chi connectivity index (χ3v) is 7.08. The summed E-state index contributed by atoms with van der Waals surface area (Å²) in [6, 6.07) is 9.53. The van der Waals surface area contributed by atoms with E-state index in [1.807, 2.05) is 49.2 Å². The average Bonchev–Trinajstić information content (AvgIpc) is 3.08. The molecule has 1 aliphatic rings. The van der Waals surface area contributed by atoms with Crippen molar-refractivity contribution < 1.29 is 9.90 Å². The maximum atomic E-state index is 13.9. The van der Waals surface area contributed by atoms with Crippen molar-refractivity contribution in [3.8, 4) is 5.75 Å². The number of carbonyl (C=O) groups excluding carboxylic acids is 1. The van der Waals surface area contributed by atoms with Crippen LogP contribution in [0.5, 0.6) is 5.75 Å². The van der Waals surface area contributed by atoms with Crippen LogP contribution in [0.25, 0.3) is 0 Å². The number of phenols is 1. The summed E-state index contributed by atoms with van der Waals surface area (Å²) in [5.74, 6) is 0.405. The number of phenolic OH excluding ortho intramolecular Hbond substituents is 1. The molecule has 1 N–H and O–H groups in total. The fraction of sp³-hybridized carbons (Fsp3) is 0.400. The van der Waals surface area contributed by atoms with Gasteiger partial charge in [-0.25, -0.2) is 4.98 Å². The second-order valence-electron chi connectivity index (χ2n) is 8.55. The Balaban J connectivity index is 1.73. The number of hydrogen-bond acceptors (Lipinski definition) is 5. The second kappa shape index (κ2) is 8.79. The summed E-state index contributed by atoms with van der Waals surface area (Å²) >= 11 is 1.63. The summed E-state index contributed by atoms with van der Waals surface area (Å²) in [5, 5.41) is 11.3. The Morgan fingerprint density at radius 1 is 1.26 bits per heavy atom. The lowest BCUT2D eigenvalue weighted by Crippen LogP contribution is -2.36. The maximum absolute atomic E-state index is 13.9. The van der Waals surface area contributed by atoms with Gasteiger partial charge in [-0.05, 0) is 68.4 Å². The molecule has 1 aliphatic carbocycles. The van der Waals surface area contributed by atoms with Crippen molar-refractivity contribution in [2.75, 3.05) is 4.90 Å². The van der Waals surface area contributed by atoms with Gasteiger partial charge < -0.3 is 10.0 Å². The number of amides is 1. The molecule has 0 spiro atoms. The van der Waals surface area contributed by atoms with E-state index in [2.05, 4.69) is 23.8 Å². The van der Waals surface area contributed by atoms with Crippen molar-refractivity contribution in [1.82, 2.24) is 9.97 Å². The number of pyridine rings is 1. The van der Waals surface area contributed by atoms with Crippen molar-refractivity contribution in [1.29, 1.82) is 0 Å². The summed E-state index contributed by atoms with van der Waals surface area (Å²) in [6.45, 7) is 8.69. The van der Waals surface area contributed by atoms with Crippen LogP contribution in [0.1, 0.15) is 70.9 Å². The minimum Gasteiger partial charge on any atom is -0.508 e. The van der Waals surface area contributed by atoms with Crippen molar-refractivity contribution >= 4 is 22.9 Å². The fourth-order valence-corrected chi connectivity index (χ4v) is 5.26. The van der Waals surface area contributed by atoms with Gasteiger partial charge in [0.15, 0.2) is 0 Å². The van der Waals surface area contributed by atoms with Gasteiger partial charge in [0.25, 0.3) is 0 Å². The lowest BCUT2D eigenvalue weighted by atomic mass is 9.81. The number of rotatable bonds is 5. The van der Waals surface area contributed by atoms with E-state index in [9.17, 15) is 9.90 Å². The predicted octanol–water partition coefficient (Wildman–Crippen LogP) is 5.64. The van der Waals surface area contributed by atoms with E-state index in [1.165, 1.54) is 0 Å². The highest BCUT2D eigenvalue weighted by atomic mass is 32.1. The summed E-state index contributed by atoms with van der Waals surface area (Å²) in [7, 11) is 0. The van der Waals surface area contributed by atoms with Gasteiger partial charge in [0.05, 0.1) is 35.0 Å². The molecule has 162 valence electrons. The Kier molecular flexibility index (Phi) is 6.10. The van der Waals surface area contributed by atoms with Crippen LogP contribution in [-0.4, -0.2) is 21.0 Å². The van der Waals surface area contributed by atoms with Crippen molar-refractivity contribution in [3.05, 3.63) is 68.9 Å². The smallest absolute Gasteiger partial charge is 0.234 e. The van der Waals surface area contributed by atoms with Crippen molar-refractivity contribution in [2.45, 2.75) is 65.3 Å². The minimum atomic E-state index is -0.269. The zero-order valence-electron chi connectivity index (χ0n) is 18.6. The number of thiazole rings is 1. The fourth-order valence-electron chi connectivity index (χ4n) is 4.33. The Bertz CT molecular complexity index is 1090. The molecule has 1 unspecified atom stereocenters. The SMILES string of the molecule is Cc1nc(C)c(CN(C(=O)C2CCCc3c(O)cccc32)c2ccc(C(C)C)nc2)s1. The van der Waals surface area contributed by atoms with Gasteiger partial charge in [-0.3, -0.25) is 9.78 Å². The largest absolute Gasteiger partial charge is 0.508 e. The molecule has 0 bridgehead atoms. The van der Waals surface area contributed by atoms with Gasteiger partial charge in [-0.2, -0.15) is 0 Å². The van der Waals surface area contributed by atoms with Gasteiger partial charge in [0, 0.05) is 10.6 Å². The summed E-state index contributed by atoms with van der Waals surface area (Å²) in [4.78, 5) is 26.0. The first kappa shape index (κ1) is 21.5. The number of aromatic hydroxyl groups is 1. The molecule has 3 aromatic rings. The Morgan fingerprint density at radius 2 is 2.06 bits per heavy atom. The average molecular weight is 436 g/mol. The summed E-state index contributed by atoms with van der Waals surface area (Å²) in [6.07, 6.45) is 4.29. The number of anilines is 1. The molecule has 1 amide bonds. The number of aromatic nitrogens is 2. The van der Waals surface area contributed by atoms with Gasteiger partial charge in [-0.1, -0.05) is 26.0 Å². The number of hydrogen-bond donors (Lipinski definition) is 1. The van der Waals surface area contributed by atoms with Crippen molar-refractivity contribution in [2.24, 2.45) is 0 Å². The highest BCUT2D eigenvalue weighted by Crippen LogP contribution is 2.38. The van der Waals surface area contributed by atoms with E-state index in [1.54, 1.807) is 17.4 Å². The molecule has 31 heavy (non-hydrogen) atoms. The van der Waals surface area contributed by atoms with E-state index in [-0.39, 0.29) is 11.8 Å². The number of fused-ring (bicyclic) bond motifs is 1. The normalized spacial score (nSPS) is 15.7. The van der Waals surface area contributed by atoms with Crippen LogP contribution in [0, 0.1) is 13.8 Å². The Morgan fingerprint density at radius 3 is 2.71 bits per heavy atom. The van der Waals surface area contributed by atoms with Gasteiger partial charge in [0.2, 0.25) is 5.91 Å². The third-order valence-electron chi connectivity index (χ3n) is 6.02. The number of aryl methyl sites for hydroxylation is 2. The molecule has 1 aromatic carbocycles. The monoisotopic (exact) mass is 435 g/mol. The molecular weight excluding hydrogens is 406 g/mol. The first-order chi connectivity index (χ1) is 14.8. The number of benzene rings is 1. The number of carbonyl (C=O) groups is 1. The Labute approximate surface area is 187 Å². The molecule has 2 aromatic heterocycles. The van der Waals surface area contributed by atoms with Crippen LogP contribution in [-0.2, 0) is 17.8 Å². The molecular formula is C25H29N3O2S. The lowest BCUT2D eigenvalue weighted by Gasteiger charge is -2.31. The van der Waals surface area contributed by atoms with Crippen LogP contribution in [0.3, 0.4) is 0 Å². The summed E-state index contributed by atoms with van der Waals surface area (Å²) in [5.41, 5.74) is 4.63. The van der Waals surface area contributed by atoms with Crippen LogP contribution < -0.4 is 4.90 Å². The molecule has 0 radical (unpaired) electrons. The zero-order valence-corrected chi connectivity index (χ0v) is 19.4.